The summed E-state index contributed by atoms with van der Waals surface area (Å²) >= 11 is 0. The number of nitrogens with one attached hydrogen (secondary N) is 1. The number of carbonyl (C=O) groups excluding carboxylic acids is 2. The zero-order valence-electron chi connectivity index (χ0n) is 18.0. The molecule has 162 valence electrons. The molecule has 0 fully saturated rings. The topological polar surface area (TPSA) is 58.6 Å². The lowest BCUT2D eigenvalue weighted by atomic mass is 10.1. The molecule has 1 heterocycles. The summed E-state index contributed by atoms with van der Waals surface area (Å²) in [6.45, 7) is 1.91. The summed E-state index contributed by atoms with van der Waals surface area (Å²) in [4.78, 5) is 27.4. The standard InChI is InChI=1S/C27H26N2O3/c1-20(16-17-21-10-4-2-5-11-21)28-26(30)19-29-23-14-8-9-15-24(23)32-25(27(29)31)18-22-12-6-3-7-13-22/h2-15,18,20H,16-17,19H2,1H3,(H,28,30). The van der Waals surface area contributed by atoms with Crippen LogP contribution in [0, 0.1) is 0 Å². The van der Waals surface area contributed by atoms with Gasteiger partial charge in [0.2, 0.25) is 5.91 Å². The molecule has 0 radical (unpaired) electrons. The van der Waals surface area contributed by atoms with Crippen molar-refractivity contribution >= 4 is 23.6 Å². The van der Waals surface area contributed by atoms with Crippen molar-refractivity contribution in [3.05, 3.63) is 102 Å². The number of amides is 2. The van der Waals surface area contributed by atoms with E-state index in [0.29, 0.717) is 11.4 Å². The first-order valence-electron chi connectivity index (χ1n) is 10.8. The van der Waals surface area contributed by atoms with E-state index in [1.165, 1.54) is 10.5 Å². The van der Waals surface area contributed by atoms with Gasteiger partial charge in [-0.1, -0.05) is 72.8 Å². The van der Waals surface area contributed by atoms with E-state index in [-0.39, 0.29) is 30.2 Å². The van der Waals surface area contributed by atoms with Crippen molar-refractivity contribution in [3.8, 4) is 5.75 Å². The molecule has 32 heavy (non-hydrogen) atoms. The first-order chi connectivity index (χ1) is 15.6. The molecule has 3 aromatic carbocycles. The number of nitrogens with zero attached hydrogens (tertiary/aromatic N) is 1. The van der Waals surface area contributed by atoms with E-state index < -0.39 is 0 Å². The van der Waals surface area contributed by atoms with E-state index in [1.54, 1.807) is 18.2 Å². The van der Waals surface area contributed by atoms with Gasteiger partial charge < -0.3 is 10.1 Å². The molecular formula is C27H26N2O3. The second-order valence-corrected chi connectivity index (χ2v) is 7.87. The summed E-state index contributed by atoms with van der Waals surface area (Å²) in [6, 6.07) is 26.9. The minimum atomic E-state index is -0.334. The Morgan fingerprint density at radius 1 is 0.969 bits per heavy atom. The number of para-hydroxylation sites is 2. The van der Waals surface area contributed by atoms with E-state index >= 15 is 0 Å². The maximum atomic E-state index is 13.2. The van der Waals surface area contributed by atoms with Crippen LogP contribution in [0.5, 0.6) is 5.75 Å². The highest BCUT2D eigenvalue weighted by atomic mass is 16.5. The number of anilines is 1. The number of aryl methyl sites for hydroxylation is 1. The van der Waals surface area contributed by atoms with Crippen LogP contribution in [0.15, 0.2) is 90.7 Å². The minimum Gasteiger partial charge on any atom is -0.449 e. The van der Waals surface area contributed by atoms with Gasteiger partial charge in [0.05, 0.1) is 5.69 Å². The summed E-state index contributed by atoms with van der Waals surface area (Å²) in [5, 5.41) is 3.02. The number of fused-ring (bicyclic) bond motifs is 1. The van der Waals surface area contributed by atoms with Crippen molar-refractivity contribution in [3.63, 3.8) is 0 Å². The van der Waals surface area contributed by atoms with Gasteiger partial charge >= 0.3 is 0 Å². The Morgan fingerprint density at radius 3 is 2.38 bits per heavy atom. The largest absolute Gasteiger partial charge is 0.449 e. The lowest BCUT2D eigenvalue weighted by Crippen LogP contribution is -2.46. The maximum Gasteiger partial charge on any atom is 0.294 e. The molecule has 0 spiro atoms. The van der Waals surface area contributed by atoms with E-state index in [9.17, 15) is 9.59 Å². The Hall–Kier alpha value is -3.86. The van der Waals surface area contributed by atoms with E-state index in [1.807, 2.05) is 67.6 Å². The summed E-state index contributed by atoms with van der Waals surface area (Å²) < 4.78 is 5.87. The fourth-order valence-corrected chi connectivity index (χ4v) is 3.68. The van der Waals surface area contributed by atoms with Crippen molar-refractivity contribution in [2.75, 3.05) is 11.4 Å². The molecule has 0 bridgehead atoms. The molecule has 1 aliphatic rings. The zero-order valence-corrected chi connectivity index (χ0v) is 18.0. The number of ether oxygens (including phenoxy) is 1. The molecule has 1 atom stereocenters. The van der Waals surface area contributed by atoms with E-state index in [2.05, 4.69) is 17.4 Å². The molecule has 3 aromatic rings. The molecule has 5 heteroatoms. The van der Waals surface area contributed by atoms with Gasteiger partial charge in [-0.2, -0.15) is 0 Å². The average Bonchev–Trinajstić information content (AvgIpc) is 2.82. The van der Waals surface area contributed by atoms with Crippen LogP contribution in [0.3, 0.4) is 0 Å². The van der Waals surface area contributed by atoms with Crippen molar-refractivity contribution in [1.29, 1.82) is 0 Å². The summed E-state index contributed by atoms with van der Waals surface area (Å²) in [5.74, 6) is 0.216. The number of carbonyl (C=O) groups is 2. The van der Waals surface area contributed by atoms with E-state index in [0.717, 1.165) is 18.4 Å². The van der Waals surface area contributed by atoms with Crippen LogP contribution in [0.2, 0.25) is 0 Å². The fourth-order valence-electron chi connectivity index (χ4n) is 3.68. The predicted molar refractivity (Wildman–Crippen MR) is 126 cm³/mol. The molecule has 0 saturated carbocycles. The van der Waals surface area contributed by atoms with Crippen molar-refractivity contribution in [1.82, 2.24) is 5.32 Å². The lowest BCUT2D eigenvalue weighted by Gasteiger charge is -2.30. The second-order valence-electron chi connectivity index (χ2n) is 7.87. The van der Waals surface area contributed by atoms with Gasteiger partial charge in [0.25, 0.3) is 5.91 Å². The van der Waals surface area contributed by atoms with Gasteiger partial charge in [0, 0.05) is 6.04 Å². The Labute approximate surface area is 188 Å². The fraction of sp³-hybridized carbons (Fsp3) is 0.185. The van der Waals surface area contributed by atoms with Crippen LogP contribution in [0.4, 0.5) is 5.69 Å². The van der Waals surface area contributed by atoms with Crippen LogP contribution in [0.1, 0.15) is 24.5 Å². The van der Waals surface area contributed by atoms with Gasteiger partial charge in [0.15, 0.2) is 11.5 Å². The highest BCUT2D eigenvalue weighted by molar-refractivity contribution is 6.12. The van der Waals surface area contributed by atoms with E-state index in [4.69, 9.17) is 4.74 Å². The zero-order chi connectivity index (χ0) is 22.3. The average molecular weight is 427 g/mol. The Morgan fingerprint density at radius 2 is 1.62 bits per heavy atom. The monoisotopic (exact) mass is 426 g/mol. The summed E-state index contributed by atoms with van der Waals surface area (Å²) in [7, 11) is 0. The third kappa shape index (κ3) is 5.24. The number of benzene rings is 3. The Bertz CT molecular complexity index is 1110. The molecule has 2 amide bonds. The van der Waals surface area contributed by atoms with Crippen LogP contribution in [0.25, 0.3) is 6.08 Å². The van der Waals surface area contributed by atoms with Crippen LogP contribution in [-0.4, -0.2) is 24.4 Å². The van der Waals surface area contributed by atoms with Gasteiger partial charge in [-0.15, -0.1) is 0 Å². The van der Waals surface area contributed by atoms with Crippen molar-refractivity contribution < 1.29 is 14.3 Å². The third-order valence-electron chi connectivity index (χ3n) is 5.35. The molecule has 1 N–H and O–H groups in total. The maximum absolute atomic E-state index is 13.2. The Kier molecular flexibility index (Phi) is 6.66. The molecule has 5 nitrogen and oxygen atoms in total. The highest BCUT2D eigenvalue weighted by Crippen LogP contribution is 2.35. The first kappa shape index (κ1) is 21.4. The number of hydrogen-bond donors (Lipinski definition) is 1. The van der Waals surface area contributed by atoms with Gasteiger partial charge in [-0.25, -0.2) is 0 Å². The molecule has 0 saturated heterocycles. The summed E-state index contributed by atoms with van der Waals surface area (Å²) in [5.41, 5.74) is 2.69. The van der Waals surface area contributed by atoms with Crippen molar-refractivity contribution in [2.45, 2.75) is 25.8 Å². The third-order valence-corrected chi connectivity index (χ3v) is 5.35. The van der Waals surface area contributed by atoms with Crippen LogP contribution in [-0.2, 0) is 16.0 Å². The van der Waals surface area contributed by atoms with Gasteiger partial charge in [0.1, 0.15) is 6.54 Å². The van der Waals surface area contributed by atoms with Crippen molar-refractivity contribution in [2.24, 2.45) is 0 Å². The molecule has 0 aromatic heterocycles. The normalized spacial score (nSPS) is 15.1. The summed E-state index contributed by atoms with van der Waals surface area (Å²) in [6.07, 6.45) is 3.40. The minimum absolute atomic E-state index is 0.00609. The van der Waals surface area contributed by atoms with Crippen LogP contribution >= 0.6 is 0 Å². The molecule has 4 rings (SSSR count). The molecule has 0 aliphatic carbocycles. The Balaban J connectivity index is 1.45. The number of hydrogen-bond acceptors (Lipinski definition) is 3. The highest BCUT2D eigenvalue weighted by Gasteiger charge is 2.31. The van der Waals surface area contributed by atoms with Gasteiger partial charge in [-0.3, -0.25) is 14.5 Å². The van der Waals surface area contributed by atoms with Crippen LogP contribution < -0.4 is 15.0 Å². The second kappa shape index (κ2) is 9.96. The number of rotatable bonds is 7. The quantitative estimate of drug-likeness (QED) is 0.562. The molecule has 1 aliphatic heterocycles. The molecular weight excluding hydrogens is 400 g/mol. The van der Waals surface area contributed by atoms with Gasteiger partial charge in [-0.05, 0) is 49.1 Å². The lowest BCUT2D eigenvalue weighted by molar-refractivity contribution is -0.123. The molecule has 1 unspecified atom stereocenters. The SMILES string of the molecule is CC(CCc1ccccc1)NC(=O)CN1C(=O)C(=Cc2ccccc2)Oc2ccccc21. The smallest absolute Gasteiger partial charge is 0.294 e. The first-order valence-corrected chi connectivity index (χ1v) is 10.8. The predicted octanol–water partition coefficient (Wildman–Crippen LogP) is 4.59.